The van der Waals surface area contributed by atoms with Gasteiger partial charge in [-0.2, -0.15) is 0 Å². The number of sulfonamides is 1. The van der Waals surface area contributed by atoms with E-state index < -0.39 is 16.0 Å². The van der Waals surface area contributed by atoms with E-state index in [1.165, 1.54) is 12.1 Å². The van der Waals surface area contributed by atoms with E-state index in [1.54, 1.807) is 25.1 Å². The lowest BCUT2D eigenvalue weighted by atomic mass is 10.2. The molecule has 0 aliphatic carbocycles. The summed E-state index contributed by atoms with van der Waals surface area (Å²) in [6.45, 7) is 2.01. The number of esters is 1. The van der Waals surface area contributed by atoms with Gasteiger partial charge in [-0.1, -0.05) is 22.9 Å². The van der Waals surface area contributed by atoms with Gasteiger partial charge in [0.15, 0.2) is 5.13 Å². The maximum atomic E-state index is 12.3. The molecule has 0 amide bonds. The summed E-state index contributed by atoms with van der Waals surface area (Å²) < 4.78 is 33.1. The van der Waals surface area contributed by atoms with Crippen LogP contribution in [0.25, 0.3) is 10.2 Å². The normalized spacial score (nSPS) is 11.6. The first kappa shape index (κ1) is 17.2. The van der Waals surface area contributed by atoms with E-state index in [0.29, 0.717) is 20.1 Å². The van der Waals surface area contributed by atoms with Gasteiger partial charge in [-0.25, -0.2) is 18.2 Å². The van der Waals surface area contributed by atoms with Crippen LogP contribution in [-0.4, -0.2) is 26.0 Å². The van der Waals surface area contributed by atoms with Gasteiger partial charge in [0.05, 0.1) is 26.7 Å². The van der Waals surface area contributed by atoms with Gasteiger partial charge >= 0.3 is 5.97 Å². The number of thiazole rings is 1. The molecule has 2 heterocycles. The Kier molecular flexibility index (Phi) is 4.77. The van der Waals surface area contributed by atoms with Crippen molar-refractivity contribution in [2.75, 3.05) is 11.3 Å². The summed E-state index contributed by atoms with van der Waals surface area (Å²) in [6.07, 6.45) is 0. The SMILES string of the molecule is CCOC(=O)c1ccc2nc(NS(=O)(=O)c3ccc(Cl)s3)sc2c1. The predicted molar refractivity (Wildman–Crippen MR) is 95.7 cm³/mol. The van der Waals surface area contributed by atoms with Gasteiger partial charge in [-0.05, 0) is 37.3 Å². The molecular formula is C14H11ClN2O4S3. The van der Waals surface area contributed by atoms with E-state index in [4.69, 9.17) is 16.3 Å². The van der Waals surface area contributed by atoms with E-state index in [1.807, 2.05) is 0 Å². The molecule has 24 heavy (non-hydrogen) atoms. The number of anilines is 1. The highest BCUT2D eigenvalue weighted by atomic mass is 35.5. The van der Waals surface area contributed by atoms with Crippen LogP contribution in [0.1, 0.15) is 17.3 Å². The Balaban J connectivity index is 1.89. The van der Waals surface area contributed by atoms with Gasteiger partial charge in [0.1, 0.15) is 4.21 Å². The molecule has 3 rings (SSSR count). The number of aromatic nitrogens is 1. The van der Waals surface area contributed by atoms with Crippen molar-refractivity contribution in [3.8, 4) is 0 Å². The number of hydrogen-bond donors (Lipinski definition) is 1. The molecule has 10 heteroatoms. The summed E-state index contributed by atoms with van der Waals surface area (Å²) in [5, 5.41) is 0.218. The fraction of sp³-hybridized carbons (Fsp3) is 0.143. The molecule has 2 aromatic heterocycles. The lowest BCUT2D eigenvalue weighted by Crippen LogP contribution is -2.10. The maximum Gasteiger partial charge on any atom is 0.338 e. The Morgan fingerprint density at radius 2 is 2.08 bits per heavy atom. The molecular weight excluding hydrogens is 392 g/mol. The molecule has 0 atom stereocenters. The number of benzene rings is 1. The number of nitrogens with one attached hydrogen (secondary N) is 1. The largest absolute Gasteiger partial charge is 0.462 e. The van der Waals surface area contributed by atoms with E-state index in [-0.39, 0.29) is 15.9 Å². The van der Waals surface area contributed by atoms with Crippen LogP contribution in [-0.2, 0) is 14.8 Å². The molecule has 0 saturated carbocycles. The molecule has 0 aliphatic heterocycles. The number of nitrogens with zero attached hydrogens (tertiary/aromatic N) is 1. The van der Waals surface area contributed by atoms with Crippen molar-refractivity contribution in [1.82, 2.24) is 4.98 Å². The molecule has 1 aromatic carbocycles. The number of carbonyl (C=O) groups is 1. The highest BCUT2D eigenvalue weighted by molar-refractivity contribution is 7.95. The average Bonchev–Trinajstić information content (AvgIpc) is 3.12. The second-order valence-corrected chi connectivity index (χ2v) is 9.24. The van der Waals surface area contributed by atoms with Crippen LogP contribution in [0.3, 0.4) is 0 Å². The molecule has 3 aromatic rings. The van der Waals surface area contributed by atoms with Crippen molar-refractivity contribution in [3.05, 3.63) is 40.2 Å². The number of ether oxygens (including phenoxy) is 1. The van der Waals surface area contributed by atoms with Crippen LogP contribution in [0.5, 0.6) is 0 Å². The van der Waals surface area contributed by atoms with Gasteiger partial charge in [-0.3, -0.25) is 4.72 Å². The molecule has 0 radical (unpaired) electrons. The summed E-state index contributed by atoms with van der Waals surface area (Å²) in [7, 11) is -3.73. The predicted octanol–water partition coefficient (Wildman–Crippen LogP) is 3.99. The van der Waals surface area contributed by atoms with Gasteiger partial charge in [0.2, 0.25) is 0 Å². The summed E-state index contributed by atoms with van der Waals surface area (Å²) in [5.41, 5.74) is 0.988. The Labute approximate surface area is 151 Å². The summed E-state index contributed by atoms with van der Waals surface area (Å²) in [5.74, 6) is -0.428. The number of hydrogen-bond acceptors (Lipinski definition) is 7. The third-order valence-electron chi connectivity index (χ3n) is 2.93. The smallest absolute Gasteiger partial charge is 0.338 e. The third kappa shape index (κ3) is 3.54. The number of carbonyl (C=O) groups excluding carboxylic acids is 1. The first-order valence-corrected chi connectivity index (χ1v) is 10.2. The maximum absolute atomic E-state index is 12.3. The first-order chi connectivity index (χ1) is 11.4. The van der Waals surface area contributed by atoms with Crippen molar-refractivity contribution in [2.24, 2.45) is 0 Å². The third-order valence-corrected chi connectivity index (χ3v) is 7.06. The highest BCUT2D eigenvalue weighted by Gasteiger charge is 2.19. The zero-order valence-corrected chi connectivity index (χ0v) is 15.5. The number of rotatable bonds is 5. The molecule has 0 unspecified atom stereocenters. The van der Waals surface area contributed by atoms with Crippen molar-refractivity contribution < 1.29 is 17.9 Å². The lowest BCUT2D eigenvalue weighted by Gasteiger charge is -2.01. The van der Waals surface area contributed by atoms with Crippen molar-refractivity contribution in [3.63, 3.8) is 0 Å². The number of fused-ring (bicyclic) bond motifs is 1. The molecule has 0 spiro atoms. The second-order valence-electron chi connectivity index (χ2n) is 4.59. The quantitative estimate of drug-likeness (QED) is 0.652. The van der Waals surface area contributed by atoms with Crippen LogP contribution in [0, 0.1) is 0 Å². The van der Waals surface area contributed by atoms with Crippen LogP contribution < -0.4 is 4.72 Å². The van der Waals surface area contributed by atoms with Crippen LogP contribution in [0.4, 0.5) is 5.13 Å². The molecule has 0 saturated heterocycles. The summed E-state index contributed by atoms with van der Waals surface area (Å²) >= 11 is 7.88. The van der Waals surface area contributed by atoms with Gasteiger partial charge in [-0.15, -0.1) is 11.3 Å². The van der Waals surface area contributed by atoms with E-state index in [0.717, 1.165) is 22.7 Å². The molecule has 6 nitrogen and oxygen atoms in total. The summed E-state index contributed by atoms with van der Waals surface area (Å²) in [6, 6.07) is 7.83. The van der Waals surface area contributed by atoms with Crippen LogP contribution in [0.15, 0.2) is 34.5 Å². The minimum Gasteiger partial charge on any atom is -0.462 e. The standard InChI is InChI=1S/C14H11ClN2O4S3/c1-2-21-13(18)8-3-4-9-10(7-8)22-14(16-9)17-24(19,20)12-6-5-11(15)23-12/h3-7H,2H2,1H3,(H,16,17). The number of halogens is 1. The van der Waals surface area contributed by atoms with E-state index >= 15 is 0 Å². The Morgan fingerprint density at radius 1 is 1.29 bits per heavy atom. The lowest BCUT2D eigenvalue weighted by molar-refractivity contribution is 0.0526. The minimum absolute atomic E-state index is 0.110. The second kappa shape index (κ2) is 6.67. The van der Waals surface area contributed by atoms with E-state index in [2.05, 4.69) is 9.71 Å². The van der Waals surface area contributed by atoms with Crippen molar-refractivity contribution in [2.45, 2.75) is 11.1 Å². The zero-order valence-electron chi connectivity index (χ0n) is 12.3. The van der Waals surface area contributed by atoms with Crippen molar-refractivity contribution in [1.29, 1.82) is 0 Å². The topological polar surface area (TPSA) is 85.4 Å². The fourth-order valence-corrected chi connectivity index (χ4v) is 5.54. The monoisotopic (exact) mass is 402 g/mol. The van der Waals surface area contributed by atoms with Crippen molar-refractivity contribution >= 4 is 65.6 Å². The minimum atomic E-state index is -3.73. The average molecular weight is 403 g/mol. The van der Waals surface area contributed by atoms with Crippen LogP contribution >= 0.6 is 34.3 Å². The Bertz CT molecular complexity index is 1010. The first-order valence-electron chi connectivity index (χ1n) is 6.75. The number of thiophene rings is 1. The zero-order chi connectivity index (χ0) is 17.3. The van der Waals surface area contributed by atoms with Gasteiger partial charge < -0.3 is 4.74 Å². The van der Waals surface area contributed by atoms with E-state index in [9.17, 15) is 13.2 Å². The Morgan fingerprint density at radius 3 is 2.75 bits per heavy atom. The van der Waals surface area contributed by atoms with Crippen LogP contribution in [0.2, 0.25) is 4.34 Å². The fourth-order valence-electron chi connectivity index (χ4n) is 1.92. The molecule has 1 N–H and O–H groups in total. The van der Waals surface area contributed by atoms with Gasteiger partial charge in [0, 0.05) is 0 Å². The molecule has 126 valence electrons. The van der Waals surface area contributed by atoms with Gasteiger partial charge in [0.25, 0.3) is 10.0 Å². The molecule has 0 fully saturated rings. The Hall–Kier alpha value is -1.68. The molecule has 0 bridgehead atoms. The highest BCUT2D eigenvalue weighted by Crippen LogP contribution is 2.31. The molecule has 0 aliphatic rings. The summed E-state index contributed by atoms with van der Waals surface area (Å²) in [4.78, 5) is 16.0.